The molecule has 1 aromatic heterocycles. The number of benzene rings is 1. The molecule has 0 saturated carbocycles. The molecule has 1 saturated heterocycles. The Hall–Kier alpha value is -2.34. The van der Waals surface area contributed by atoms with Gasteiger partial charge in [0.25, 0.3) is 0 Å². The molecule has 0 spiro atoms. The van der Waals surface area contributed by atoms with Crippen molar-refractivity contribution in [1.82, 2.24) is 10.2 Å². The number of piperidine rings is 1. The third-order valence-electron chi connectivity index (χ3n) is 4.56. The first kappa shape index (κ1) is 17.5. The highest BCUT2D eigenvalue weighted by Crippen LogP contribution is 2.21. The van der Waals surface area contributed by atoms with Crippen LogP contribution in [0.15, 0.2) is 47.8 Å². The number of likely N-dealkylation sites (tertiary alicyclic amines) is 1. The Bertz CT molecular complexity index is 695. The number of carbonyl (C=O) groups is 2. The lowest BCUT2D eigenvalue weighted by Gasteiger charge is -2.31. The second-order valence-corrected chi connectivity index (χ2v) is 7.26. The first-order chi connectivity index (χ1) is 12.1. The number of nitrogens with zero attached hydrogens (tertiary/aromatic N) is 1. The van der Waals surface area contributed by atoms with Crippen LogP contribution in [0.25, 0.3) is 0 Å². The maximum absolute atomic E-state index is 12.5. The van der Waals surface area contributed by atoms with Gasteiger partial charge in [0, 0.05) is 19.0 Å². The average Bonchev–Trinajstić information content (AvgIpc) is 3.15. The van der Waals surface area contributed by atoms with Crippen molar-refractivity contribution in [2.75, 3.05) is 18.4 Å². The van der Waals surface area contributed by atoms with Gasteiger partial charge in [-0.1, -0.05) is 30.3 Å². The smallest absolute Gasteiger partial charge is 0.322 e. The maximum atomic E-state index is 12.5. The van der Waals surface area contributed by atoms with Gasteiger partial charge in [0.2, 0.25) is 5.91 Å². The molecule has 3 amide bonds. The van der Waals surface area contributed by atoms with Gasteiger partial charge in [-0.2, -0.15) is 0 Å². The van der Waals surface area contributed by atoms with Crippen LogP contribution in [-0.4, -0.2) is 29.9 Å². The van der Waals surface area contributed by atoms with Crippen molar-refractivity contribution in [3.63, 3.8) is 0 Å². The summed E-state index contributed by atoms with van der Waals surface area (Å²) in [6.45, 7) is 3.21. The van der Waals surface area contributed by atoms with Crippen molar-refractivity contribution < 1.29 is 9.59 Å². The Labute approximate surface area is 152 Å². The number of rotatable bonds is 4. The largest absolute Gasteiger partial charge is 0.349 e. The molecular formula is C19H23N3O2S. The summed E-state index contributed by atoms with van der Waals surface area (Å²) in [7, 11) is 0. The van der Waals surface area contributed by atoms with Crippen molar-refractivity contribution in [2.24, 2.45) is 5.92 Å². The lowest BCUT2D eigenvalue weighted by atomic mass is 9.95. The minimum Gasteiger partial charge on any atom is -0.349 e. The average molecular weight is 357 g/mol. The van der Waals surface area contributed by atoms with Gasteiger partial charge in [-0.15, -0.1) is 11.3 Å². The highest BCUT2D eigenvalue weighted by Gasteiger charge is 2.28. The molecule has 1 atom stereocenters. The van der Waals surface area contributed by atoms with E-state index in [2.05, 4.69) is 10.6 Å². The van der Waals surface area contributed by atoms with Crippen molar-refractivity contribution in [2.45, 2.75) is 25.8 Å². The van der Waals surface area contributed by atoms with Crippen LogP contribution in [0.1, 0.15) is 31.4 Å². The highest BCUT2D eigenvalue weighted by atomic mass is 32.1. The summed E-state index contributed by atoms with van der Waals surface area (Å²) < 4.78 is 0. The van der Waals surface area contributed by atoms with Crippen LogP contribution in [0.4, 0.5) is 9.80 Å². The molecule has 1 aliphatic heterocycles. The SMILES string of the molecule is CC(NC(=O)C1CCN(C(=O)Nc2cccs2)CC1)c1ccccc1. The lowest BCUT2D eigenvalue weighted by Crippen LogP contribution is -2.44. The zero-order chi connectivity index (χ0) is 17.6. The van der Waals surface area contributed by atoms with E-state index < -0.39 is 0 Å². The number of amides is 3. The summed E-state index contributed by atoms with van der Waals surface area (Å²) >= 11 is 1.50. The lowest BCUT2D eigenvalue weighted by molar-refractivity contribution is -0.126. The highest BCUT2D eigenvalue weighted by molar-refractivity contribution is 7.14. The van der Waals surface area contributed by atoms with E-state index in [1.165, 1.54) is 11.3 Å². The summed E-state index contributed by atoms with van der Waals surface area (Å²) in [5.41, 5.74) is 1.10. The van der Waals surface area contributed by atoms with Crippen LogP contribution in [0, 0.1) is 5.92 Å². The summed E-state index contributed by atoms with van der Waals surface area (Å²) in [5, 5.41) is 8.76. The zero-order valence-corrected chi connectivity index (χ0v) is 15.1. The predicted octanol–water partition coefficient (Wildman–Crippen LogP) is 3.87. The first-order valence-electron chi connectivity index (χ1n) is 8.58. The molecule has 0 bridgehead atoms. The van der Waals surface area contributed by atoms with Crippen LogP contribution in [0.3, 0.4) is 0 Å². The Morgan fingerprint density at radius 3 is 2.48 bits per heavy atom. The second-order valence-electron chi connectivity index (χ2n) is 6.31. The van der Waals surface area contributed by atoms with Gasteiger partial charge in [0.1, 0.15) is 0 Å². The number of nitrogens with one attached hydrogen (secondary N) is 2. The summed E-state index contributed by atoms with van der Waals surface area (Å²) in [6.07, 6.45) is 1.40. The van der Waals surface area contributed by atoms with E-state index in [-0.39, 0.29) is 23.9 Å². The van der Waals surface area contributed by atoms with Crippen LogP contribution >= 0.6 is 11.3 Å². The van der Waals surface area contributed by atoms with Crippen LogP contribution in [0.2, 0.25) is 0 Å². The molecule has 5 nitrogen and oxygen atoms in total. The zero-order valence-electron chi connectivity index (χ0n) is 14.3. The van der Waals surface area contributed by atoms with E-state index in [1.807, 2.05) is 54.8 Å². The molecule has 0 radical (unpaired) electrons. The fourth-order valence-electron chi connectivity index (χ4n) is 3.04. The molecule has 1 unspecified atom stereocenters. The van der Waals surface area contributed by atoms with Gasteiger partial charge in [-0.25, -0.2) is 4.79 Å². The molecule has 132 valence electrons. The van der Waals surface area contributed by atoms with Crippen molar-refractivity contribution >= 4 is 28.3 Å². The van der Waals surface area contributed by atoms with Crippen molar-refractivity contribution in [1.29, 1.82) is 0 Å². The number of hydrogen-bond acceptors (Lipinski definition) is 3. The minimum atomic E-state index is -0.0843. The summed E-state index contributed by atoms with van der Waals surface area (Å²) in [6, 6.07) is 13.6. The fraction of sp³-hybridized carbons (Fsp3) is 0.368. The molecule has 2 aromatic rings. The third-order valence-corrected chi connectivity index (χ3v) is 5.35. The quantitative estimate of drug-likeness (QED) is 0.872. The minimum absolute atomic E-state index is 0.00569. The molecule has 1 fully saturated rings. The van der Waals surface area contributed by atoms with Gasteiger partial charge in [-0.05, 0) is 42.8 Å². The van der Waals surface area contributed by atoms with Crippen LogP contribution in [-0.2, 0) is 4.79 Å². The fourth-order valence-corrected chi connectivity index (χ4v) is 3.64. The monoisotopic (exact) mass is 357 g/mol. The van der Waals surface area contributed by atoms with E-state index in [0.29, 0.717) is 25.9 Å². The summed E-state index contributed by atoms with van der Waals surface area (Å²) in [5.74, 6) is 0.0478. The maximum Gasteiger partial charge on any atom is 0.322 e. The van der Waals surface area contributed by atoms with Gasteiger partial charge in [0.15, 0.2) is 0 Å². The standard InChI is InChI=1S/C19H23N3O2S/c1-14(15-6-3-2-4-7-15)20-18(23)16-9-11-22(12-10-16)19(24)21-17-8-5-13-25-17/h2-8,13-14,16H,9-12H2,1H3,(H,20,23)(H,21,24). The third kappa shape index (κ3) is 4.60. The number of anilines is 1. The van der Waals surface area contributed by atoms with E-state index in [4.69, 9.17) is 0 Å². The molecule has 6 heteroatoms. The first-order valence-corrected chi connectivity index (χ1v) is 9.46. The normalized spacial score (nSPS) is 16.3. The van der Waals surface area contributed by atoms with Gasteiger partial charge in [-0.3, -0.25) is 10.1 Å². The van der Waals surface area contributed by atoms with E-state index in [1.54, 1.807) is 4.90 Å². The molecule has 3 rings (SSSR count). The van der Waals surface area contributed by atoms with E-state index in [9.17, 15) is 9.59 Å². The van der Waals surface area contributed by atoms with Crippen LogP contribution in [0.5, 0.6) is 0 Å². The Morgan fingerprint density at radius 2 is 1.84 bits per heavy atom. The Morgan fingerprint density at radius 1 is 1.12 bits per heavy atom. The summed E-state index contributed by atoms with van der Waals surface area (Å²) in [4.78, 5) is 26.5. The topological polar surface area (TPSA) is 61.4 Å². The Kier molecular flexibility index (Phi) is 5.71. The molecular weight excluding hydrogens is 334 g/mol. The van der Waals surface area contributed by atoms with Crippen LogP contribution < -0.4 is 10.6 Å². The number of carbonyl (C=O) groups excluding carboxylic acids is 2. The van der Waals surface area contributed by atoms with E-state index >= 15 is 0 Å². The predicted molar refractivity (Wildman–Crippen MR) is 101 cm³/mol. The molecule has 0 aliphatic carbocycles. The van der Waals surface area contributed by atoms with Gasteiger partial charge in [0.05, 0.1) is 11.0 Å². The molecule has 1 aromatic carbocycles. The molecule has 2 heterocycles. The van der Waals surface area contributed by atoms with Gasteiger partial charge >= 0.3 is 6.03 Å². The molecule has 25 heavy (non-hydrogen) atoms. The molecule has 1 aliphatic rings. The number of urea groups is 1. The Balaban J connectivity index is 1.46. The van der Waals surface area contributed by atoms with E-state index in [0.717, 1.165) is 10.6 Å². The molecule has 2 N–H and O–H groups in total. The second kappa shape index (κ2) is 8.16. The number of thiophene rings is 1. The van der Waals surface area contributed by atoms with Gasteiger partial charge < -0.3 is 10.2 Å². The number of hydrogen-bond donors (Lipinski definition) is 2. The van der Waals surface area contributed by atoms with Crippen molar-refractivity contribution in [3.8, 4) is 0 Å². The van der Waals surface area contributed by atoms with Crippen molar-refractivity contribution in [3.05, 3.63) is 53.4 Å².